The molecule has 0 saturated heterocycles. The molecule has 188 valence electrons. The minimum atomic E-state index is -1.000. The highest BCUT2D eigenvalue weighted by molar-refractivity contribution is 7.21. The molecule has 1 aromatic heterocycles. The second-order valence-corrected chi connectivity index (χ2v) is 9.57. The largest absolute Gasteiger partial charge is 0.493 e. The Morgan fingerprint density at radius 2 is 1.70 bits per heavy atom. The highest BCUT2D eigenvalue weighted by Crippen LogP contribution is 2.37. The molecule has 0 aliphatic carbocycles. The summed E-state index contributed by atoms with van der Waals surface area (Å²) in [7, 11) is 1.41. The Morgan fingerprint density at radius 1 is 0.919 bits per heavy atom. The van der Waals surface area contributed by atoms with Crippen molar-refractivity contribution in [2.24, 2.45) is 5.10 Å². The second-order valence-electron chi connectivity index (χ2n) is 7.32. The monoisotopic (exact) mass is 575 g/mol. The maximum Gasteiger partial charge on any atom is 0.355 e. The fraction of sp³-hybridized carbons (Fsp3) is 0.0400. The Bertz CT molecular complexity index is 1550. The number of anilines is 1. The molecule has 8 nitrogen and oxygen atoms in total. The number of carbonyl (C=O) groups is 3. The number of methoxy groups -OCH3 is 1. The van der Waals surface area contributed by atoms with E-state index in [2.05, 4.69) is 15.8 Å². The average Bonchev–Trinajstić information content (AvgIpc) is 3.23. The van der Waals surface area contributed by atoms with E-state index in [0.717, 1.165) is 10.1 Å². The van der Waals surface area contributed by atoms with Crippen LogP contribution in [0.3, 0.4) is 0 Å². The molecule has 0 aliphatic heterocycles. The quantitative estimate of drug-likeness (QED) is 0.0938. The topological polar surface area (TPSA) is 106 Å². The fourth-order valence-corrected chi connectivity index (χ4v) is 4.80. The molecule has 37 heavy (non-hydrogen) atoms. The van der Waals surface area contributed by atoms with Crippen LogP contribution >= 0.6 is 46.1 Å². The predicted octanol–water partition coefficient (Wildman–Crippen LogP) is 6.18. The number of carbonyl (C=O) groups excluding carboxylic acids is 3. The molecule has 0 atom stereocenters. The Kier molecular flexibility index (Phi) is 8.30. The molecule has 0 saturated carbocycles. The van der Waals surface area contributed by atoms with Crippen molar-refractivity contribution in [2.75, 3.05) is 12.4 Å². The average molecular weight is 577 g/mol. The third kappa shape index (κ3) is 6.20. The van der Waals surface area contributed by atoms with Gasteiger partial charge in [-0.3, -0.25) is 9.59 Å². The maximum atomic E-state index is 12.8. The molecule has 4 rings (SSSR count). The lowest BCUT2D eigenvalue weighted by molar-refractivity contribution is -0.136. The molecule has 0 unspecified atom stereocenters. The number of nitrogens with one attached hydrogen (secondary N) is 2. The summed E-state index contributed by atoms with van der Waals surface area (Å²) in [5.74, 6) is -2.15. The van der Waals surface area contributed by atoms with Gasteiger partial charge < -0.3 is 14.8 Å². The van der Waals surface area contributed by atoms with E-state index in [1.807, 2.05) is 24.3 Å². The normalized spacial score (nSPS) is 10.9. The molecular weight excluding hydrogens is 561 g/mol. The lowest BCUT2D eigenvalue weighted by atomic mass is 10.2. The van der Waals surface area contributed by atoms with Crippen molar-refractivity contribution in [1.82, 2.24) is 5.43 Å². The molecule has 0 spiro atoms. The first-order valence-electron chi connectivity index (χ1n) is 10.4. The van der Waals surface area contributed by atoms with E-state index in [1.165, 1.54) is 48.9 Å². The zero-order valence-electron chi connectivity index (χ0n) is 18.9. The summed E-state index contributed by atoms with van der Waals surface area (Å²) >= 11 is 19.3. The van der Waals surface area contributed by atoms with Gasteiger partial charge in [-0.15, -0.1) is 11.3 Å². The van der Waals surface area contributed by atoms with Gasteiger partial charge in [0.2, 0.25) is 0 Å². The zero-order valence-corrected chi connectivity index (χ0v) is 22.0. The number of amides is 2. The van der Waals surface area contributed by atoms with Crippen molar-refractivity contribution in [1.29, 1.82) is 0 Å². The number of rotatable bonds is 6. The predicted molar refractivity (Wildman–Crippen MR) is 146 cm³/mol. The number of hydrogen-bond donors (Lipinski definition) is 2. The molecule has 2 N–H and O–H groups in total. The smallest absolute Gasteiger partial charge is 0.355 e. The Balaban J connectivity index is 1.39. The first kappa shape index (κ1) is 26.4. The summed E-state index contributed by atoms with van der Waals surface area (Å²) in [5, 5.41) is 7.80. The van der Waals surface area contributed by atoms with Crippen LogP contribution in [-0.2, 0) is 9.59 Å². The van der Waals surface area contributed by atoms with Crippen LogP contribution in [0.25, 0.3) is 10.1 Å². The number of nitrogens with zero attached hydrogens (tertiary/aromatic N) is 1. The summed E-state index contributed by atoms with van der Waals surface area (Å²) in [6, 6.07) is 16.4. The van der Waals surface area contributed by atoms with E-state index in [9.17, 15) is 14.4 Å². The van der Waals surface area contributed by atoms with Crippen molar-refractivity contribution in [3.8, 4) is 11.5 Å². The maximum absolute atomic E-state index is 12.8. The minimum Gasteiger partial charge on any atom is -0.493 e. The molecule has 3 aromatic carbocycles. The molecule has 0 bridgehead atoms. The van der Waals surface area contributed by atoms with Gasteiger partial charge in [0.05, 0.1) is 28.4 Å². The summed E-state index contributed by atoms with van der Waals surface area (Å²) in [5.41, 5.74) is 2.92. The third-order valence-corrected chi connectivity index (χ3v) is 7.27. The van der Waals surface area contributed by atoms with E-state index >= 15 is 0 Å². The lowest BCUT2D eigenvalue weighted by Gasteiger charge is -2.09. The molecule has 1 heterocycles. The van der Waals surface area contributed by atoms with Crippen LogP contribution < -0.4 is 20.2 Å². The lowest BCUT2D eigenvalue weighted by Crippen LogP contribution is -2.32. The van der Waals surface area contributed by atoms with Crippen molar-refractivity contribution in [2.45, 2.75) is 0 Å². The number of halogens is 3. The van der Waals surface area contributed by atoms with Crippen LogP contribution in [0.15, 0.2) is 65.8 Å². The third-order valence-electron chi connectivity index (χ3n) is 4.87. The van der Waals surface area contributed by atoms with E-state index in [4.69, 9.17) is 44.3 Å². The number of benzene rings is 3. The molecular formula is C25H16Cl3N3O5S. The number of fused-ring (bicyclic) bond motifs is 1. The van der Waals surface area contributed by atoms with E-state index < -0.39 is 17.8 Å². The van der Waals surface area contributed by atoms with Crippen molar-refractivity contribution >= 4 is 85.9 Å². The first-order chi connectivity index (χ1) is 17.8. The van der Waals surface area contributed by atoms with Crippen molar-refractivity contribution in [3.63, 3.8) is 0 Å². The van der Waals surface area contributed by atoms with Crippen LogP contribution in [0.1, 0.15) is 15.2 Å². The van der Waals surface area contributed by atoms with Gasteiger partial charge in [-0.05, 0) is 48.0 Å². The summed E-state index contributed by atoms with van der Waals surface area (Å²) in [6.07, 6.45) is 1.29. The van der Waals surface area contributed by atoms with Gasteiger partial charge in [0, 0.05) is 15.8 Å². The van der Waals surface area contributed by atoms with Crippen LogP contribution in [0.5, 0.6) is 11.5 Å². The van der Waals surface area contributed by atoms with E-state index in [0.29, 0.717) is 21.3 Å². The van der Waals surface area contributed by atoms with E-state index in [-0.39, 0.29) is 21.4 Å². The first-order valence-corrected chi connectivity index (χ1v) is 12.4. The van der Waals surface area contributed by atoms with E-state index in [1.54, 1.807) is 12.1 Å². The van der Waals surface area contributed by atoms with Crippen LogP contribution in [-0.4, -0.2) is 31.1 Å². The van der Waals surface area contributed by atoms with Crippen LogP contribution in [0.4, 0.5) is 5.69 Å². The zero-order chi connectivity index (χ0) is 26.5. The molecule has 12 heteroatoms. The minimum absolute atomic E-state index is 0.170. The SMILES string of the molecule is COc1cc(/C=N/NC(=O)C(=O)Nc2ccc(Cl)c(Cl)c2)ccc1OC(=O)c1sc2ccccc2c1Cl. The number of thiophene rings is 1. The fourth-order valence-electron chi connectivity index (χ4n) is 3.12. The summed E-state index contributed by atoms with van der Waals surface area (Å²) in [4.78, 5) is 37.1. The number of esters is 1. The van der Waals surface area contributed by atoms with Gasteiger partial charge in [-0.2, -0.15) is 5.10 Å². The van der Waals surface area contributed by atoms with Gasteiger partial charge in [0.15, 0.2) is 11.5 Å². The Hall–Kier alpha value is -3.63. The standard InChI is InChI=1S/C25H16Cl3N3O5S/c1-35-19-10-13(12-29-31-24(33)23(32)30-14-7-8-16(26)17(27)11-14)6-9-18(19)36-25(34)22-21(28)15-4-2-3-5-20(15)37-22/h2-12H,1H3,(H,30,32)(H,31,33)/b29-12+. The van der Waals surface area contributed by atoms with Crippen molar-refractivity contribution < 1.29 is 23.9 Å². The van der Waals surface area contributed by atoms with Gasteiger partial charge >= 0.3 is 17.8 Å². The Labute approximate surface area is 229 Å². The van der Waals surface area contributed by atoms with Gasteiger partial charge in [-0.25, -0.2) is 10.2 Å². The van der Waals surface area contributed by atoms with Gasteiger partial charge in [0.1, 0.15) is 4.88 Å². The number of hydrazone groups is 1. The molecule has 0 aliphatic rings. The number of hydrogen-bond acceptors (Lipinski definition) is 7. The summed E-state index contributed by atoms with van der Waals surface area (Å²) < 4.78 is 11.7. The number of ether oxygens (including phenoxy) is 2. The summed E-state index contributed by atoms with van der Waals surface area (Å²) in [6.45, 7) is 0. The van der Waals surface area contributed by atoms with Gasteiger partial charge in [0.25, 0.3) is 0 Å². The highest BCUT2D eigenvalue weighted by atomic mass is 35.5. The second kappa shape index (κ2) is 11.6. The van der Waals surface area contributed by atoms with Crippen LogP contribution in [0.2, 0.25) is 15.1 Å². The molecule has 2 amide bonds. The Morgan fingerprint density at radius 3 is 2.43 bits per heavy atom. The van der Waals surface area contributed by atoms with Crippen LogP contribution in [0, 0.1) is 0 Å². The van der Waals surface area contributed by atoms with Gasteiger partial charge in [-0.1, -0.05) is 53.0 Å². The molecule has 0 radical (unpaired) electrons. The molecule has 4 aromatic rings. The molecule has 0 fully saturated rings. The van der Waals surface area contributed by atoms with Crippen molar-refractivity contribution in [3.05, 3.63) is 86.2 Å². The highest BCUT2D eigenvalue weighted by Gasteiger charge is 2.20.